The molecule has 0 unspecified atom stereocenters. The minimum Gasteiger partial charge on any atom is -0.307 e. The number of aromatic nitrogens is 3. The zero-order valence-electron chi connectivity index (χ0n) is 11.1. The van der Waals surface area contributed by atoms with Crippen molar-refractivity contribution in [2.75, 3.05) is 10.7 Å². The largest absolute Gasteiger partial charge is 0.307 e. The minimum absolute atomic E-state index is 0.0730. The number of nitrogens with two attached hydrogens (primary N) is 1. The van der Waals surface area contributed by atoms with E-state index in [1.54, 1.807) is 16.9 Å². The van der Waals surface area contributed by atoms with Crippen LogP contribution in [0.3, 0.4) is 0 Å². The van der Waals surface area contributed by atoms with Gasteiger partial charge in [0.25, 0.3) is 5.91 Å². The molecular formula is C12H15FN6O. The van der Waals surface area contributed by atoms with Crippen molar-refractivity contribution in [3.63, 3.8) is 0 Å². The Morgan fingerprint density at radius 2 is 2.15 bits per heavy atom. The van der Waals surface area contributed by atoms with E-state index < -0.39 is 11.7 Å². The summed E-state index contributed by atoms with van der Waals surface area (Å²) in [6.45, 7) is 3.85. The van der Waals surface area contributed by atoms with Crippen molar-refractivity contribution < 1.29 is 9.18 Å². The van der Waals surface area contributed by atoms with Gasteiger partial charge in [-0.05, 0) is 19.9 Å². The van der Waals surface area contributed by atoms with Gasteiger partial charge in [0, 0.05) is 18.3 Å². The van der Waals surface area contributed by atoms with Crippen molar-refractivity contribution in [1.82, 2.24) is 14.8 Å². The Kier molecular flexibility index (Phi) is 3.94. The molecular weight excluding hydrogens is 263 g/mol. The first-order chi connectivity index (χ1) is 9.54. The van der Waals surface area contributed by atoms with E-state index in [1.165, 1.54) is 12.3 Å². The lowest BCUT2D eigenvalue weighted by molar-refractivity contribution is 0.102. The molecule has 0 aliphatic rings. The Balaban J connectivity index is 2.27. The fourth-order valence-electron chi connectivity index (χ4n) is 1.73. The second kappa shape index (κ2) is 5.66. The molecule has 0 aliphatic heterocycles. The first kappa shape index (κ1) is 13.9. The number of hydrogen-bond donors (Lipinski definition) is 3. The Bertz CT molecular complexity index is 624. The molecule has 0 bridgehead atoms. The van der Waals surface area contributed by atoms with Crippen molar-refractivity contribution in [3.8, 4) is 0 Å². The van der Waals surface area contributed by atoms with Gasteiger partial charge in [-0.3, -0.25) is 4.79 Å². The monoisotopic (exact) mass is 278 g/mol. The number of halogens is 1. The fraction of sp³-hybridized carbons (Fsp3) is 0.250. The van der Waals surface area contributed by atoms with Crippen molar-refractivity contribution in [2.24, 2.45) is 5.84 Å². The van der Waals surface area contributed by atoms with Gasteiger partial charge in [-0.2, -0.15) is 5.10 Å². The molecule has 0 fully saturated rings. The summed E-state index contributed by atoms with van der Waals surface area (Å²) in [6.07, 6.45) is 2.86. The molecule has 2 aromatic rings. The van der Waals surface area contributed by atoms with Gasteiger partial charge in [0.1, 0.15) is 5.82 Å². The number of nitrogens with zero attached hydrogens (tertiary/aromatic N) is 3. The Hall–Kier alpha value is -2.48. The van der Waals surface area contributed by atoms with E-state index in [-0.39, 0.29) is 17.4 Å². The summed E-state index contributed by atoms with van der Waals surface area (Å²) in [5.74, 6) is 4.03. The normalized spacial score (nSPS) is 10.7. The maximum Gasteiger partial charge on any atom is 0.259 e. The second-order valence-corrected chi connectivity index (χ2v) is 4.37. The number of carbonyl (C=O) groups excluding carboxylic acids is 1. The molecule has 0 saturated heterocycles. The summed E-state index contributed by atoms with van der Waals surface area (Å²) >= 11 is 0. The smallest absolute Gasteiger partial charge is 0.259 e. The molecule has 2 heterocycles. The van der Waals surface area contributed by atoms with Crippen LogP contribution < -0.4 is 16.6 Å². The van der Waals surface area contributed by atoms with E-state index in [0.717, 1.165) is 0 Å². The topological polar surface area (TPSA) is 97.9 Å². The maximum atomic E-state index is 13.9. The van der Waals surface area contributed by atoms with Crippen LogP contribution in [0.25, 0.3) is 0 Å². The van der Waals surface area contributed by atoms with Crippen molar-refractivity contribution in [2.45, 2.75) is 19.9 Å². The Morgan fingerprint density at radius 3 is 2.80 bits per heavy atom. The van der Waals surface area contributed by atoms with Gasteiger partial charge in [0.05, 0.1) is 11.8 Å². The lowest BCUT2D eigenvalue weighted by Crippen LogP contribution is -2.19. The van der Waals surface area contributed by atoms with Crippen LogP contribution in [0.5, 0.6) is 0 Å². The number of anilines is 2. The third kappa shape index (κ3) is 2.59. The predicted octanol–water partition coefficient (Wildman–Crippen LogP) is 1.54. The predicted molar refractivity (Wildman–Crippen MR) is 72.6 cm³/mol. The SMILES string of the molecule is CC(C)n1nccc1NC(=O)c1ccnc(NN)c1F. The van der Waals surface area contributed by atoms with E-state index in [9.17, 15) is 9.18 Å². The zero-order valence-corrected chi connectivity index (χ0v) is 11.1. The van der Waals surface area contributed by atoms with Crippen molar-refractivity contribution >= 4 is 17.5 Å². The average molecular weight is 278 g/mol. The molecule has 0 radical (unpaired) electrons. The summed E-state index contributed by atoms with van der Waals surface area (Å²) < 4.78 is 15.5. The molecule has 0 aliphatic carbocycles. The molecule has 7 nitrogen and oxygen atoms in total. The van der Waals surface area contributed by atoms with Gasteiger partial charge in [0.2, 0.25) is 0 Å². The first-order valence-electron chi connectivity index (χ1n) is 6.00. The third-order valence-corrected chi connectivity index (χ3v) is 2.67. The second-order valence-electron chi connectivity index (χ2n) is 4.37. The molecule has 2 aromatic heterocycles. The number of pyridine rings is 1. The number of hydrazine groups is 1. The van der Waals surface area contributed by atoms with Gasteiger partial charge >= 0.3 is 0 Å². The van der Waals surface area contributed by atoms with Gasteiger partial charge < -0.3 is 10.7 Å². The van der Waals surface area contributed by atoms with Gasteiger partial charge in [-0.1, -0.05) is 0 Å². The number of nitrogen functional groups attached to an aromatic ring is 1. The number of nitrogens with one attached hydrogen (secondary N) is 2. The van der Waals surface area contributed by atoms with E-state index in [1.807, 2.05) is 13.8 Å². The van der Waals surface area contributed by atoms with Crippen LogP contribution in [0, 0.1) is 5.82 Å². The lowest BCUT2D eigenvalue weighted by atomic mass is 10.2. The number of carbonyl (C=O) groups is 1. The summed E-state index contributed by atoms with van der Waals surface area (Å²) in [4.78, 5) is 15.8. The van der Waals surface area contributed by atoms with Crippen molar-refractivity contribution in [3.05, 3.63) is 35.9 Å². The zero-order chi connectivity index (χ0) is 14.7. The summed E-state index contributed by atoms with van der Waals surface area (Å²) in [5.41, 5.74) is 1.95. The highest BCUT2D eigenvalue weighted by Crippen LogP contribution is 2.17. The van der Waals surface area contributed by atoms with Crippen LogP contribution in [0.2, 0.25) is 0 Å². The highest BCUT2D eigenvalue weighted by molar-refractivity contribution is 6.04. The third-order valence-electron chi connectivity index (χ3n) is 2.67. The van der Waals surface area contributed by atoms with Gasteiger partial charge in [-0.15, -0.1) is 0 Å². The van der Waals surface area contributed by atoms with E-state index in [0.29, 0.717) is 5.82 Å². The molecule has 20 heavy (non-hydrogen) atoms. The lowest BCUT2D eigenvalue weighted by Gasteiger charge is -2.12. The highest BCUT2D eigenvalue weighted by atomic mass is 19.1. The molecule has 106 valence electrons. The average Bonchev–Trinajstić information content (AvgIpc) is 2.87. The summed E-state index contributed by atoms with van der Waals surface area (Å²) in [6, 6.07) is 2.99. The van der Waals surface area contributed by atoms with E-state index in [2.05, 4.69) is 20.8 Å². The highest BCUT2D eigenvalue weighted by Gasteiger charge is 2.17. The van der Waals surface area contributed by atoms with Gasteiger partial charge in [-0.25, -0.2) is 19.9 Å². The Labute approximate surface area is 115 Å². The summed E-state index contributed by atoms with van der Waals surface area (Å²) in [7, 11) is 0. The van der Waals surface area contributed by atoms with Gasteiger partial charge in [0.15, 0.2) is 11.6 Å². The molecule has 2 rings (SSSR count). The minimum atomic E-state index is -0.803. The molecule has 0 aromatic carbocycles. The van der Waals surface area contributed by atoms with Crippen LogP contribution in [0.4, 0.5) is 16.0 Å². The Morgan fingerprint density at radius 1 is 1.40 bits per heavy atom. The van der Waals surface area contributed by atoms with E-state index >= 15 is 0 Å². The number of amides is 1. The molecule has 4 N–H and O–H groups in total. The van der Waals surface area contributed by atoms with Crippen LogP contribution in [0.1, 0.15) is 30.2 Å². The number of hydrogen-bond acceptors (Lipinski definition) is 5. The van der Waals surface area contributed by atoms with E-state index in [4.69, 9.17) is 5.84 Å². The van der Waals surface area contributed by atoms with Crippen LogP contribution >= 0.6 is 0 Å². The first-order valence-corrected chi connectivity index (χ1v) is 6.00. The van der Waals surface area contributed by atoms with Crippen LogP contribution in [0.15, 0.2) is 24.5 Å². The van der Waals surface area contributed by atoms with Crippen LogP contribution in [-0.2, 0) is 0 Å². The quantitative estimate of drug-likeness (QED) is 0.582. The number of rotatable bonds is 4. The van der Waals surface area contributed by atoms with Crippen molar-refractivity contribution in [1.29, 1.82) is 0 Å². The molecule has 0 spiro atoms. The maximum absolute atomic E-state index is 13.9. The summed E-state index contributed by atoms with van der Waals surface area (Å²) in [5, 5.41) is 6.69. The van der Waals surface area contributed by atoms with Crippen LogP contribution in [-0.4, -0.2) is 20.7 Å². The molecule has 8 heteroatoms. The fourth-order valence-corrected chi connectivity index (χ4v) is 1.73. The molecule has 1 amide bonds. The standard InChI is InChI=1S/C12H15FN6O/c1-7(2)19-9(4-6-16-19)17-12(20)8-3-5-15-11(18-14)10(8)13/h3-7H,14H2,1-2H3,(H,15,18)(H,17,20). The molecule has 0 saturated carbocycles. The molecule has 0 atom stereocenters.